The van der Waals surface area contributed by atoms with Crippen LogP contribution in [0.25, 0.3) is 0 Å². The number of nitrogens with one attached hydrogen (secondary N) is 2. The number of rotatable bonds is 6. The molecule has 0 spiro atoms. The smallest absolute Gasteiger partial charge is 0.258 e. The molecule has 0 aromatic heterocycles. The van der Waals surface area contributed by atoms with Crippen LogP contribution in [0.5, 0.6) is 0 Å². The van der Waals surface area contributed by atoms with Crippen LogP contribution in [0, 0.1) is 11.7 Å². The standard InChI is InChI=1S/C29H30FN3O2/c1-18(20-8-7-9-22(16-20)31-27(34)23-10-5-6-11-26(23)30)32-33-28(35)25-17-24(25)19-12-14-21(15-13-19)29(2,3)4/h5-16,24-25H,17H2,1-4H3,(H,31,34)(H,33,35)/t24-,25-/m0/s1. The molecule has 1 aliphatic rings. The van der Waals surface area contributed by atoms with E-state index >= 15 is 0 Å². The van der Waals surface area contributed by atoms with Crippen LogP contribution in [0.1, 0.15) is 67.1 Å². The van der Waals surface area contributed by atoms with Gasteiger partial charge in [0.2, 0.25) is 5.91 Å². The van der Waals surface area contributed by atoms with Crippen molar-refractivity contribution in [1.82, 2.24) is 5.43 Å². The van der Waals surface area contributed by atoms with Gasteiger partial charge in [-0.15, -0.1) is 0 Å². The van der Waals surface area contributed by atoms with Gasteiger partial charge in [0.15, 0.2) is 0 Å². The van der Waals surface area contributed by atoms with E-state index in [1.807, 2.05) is 6.07 Å². The highest BCUT2D eigenvalue weighted by Gasteiger charge is 2.44. The first-order chi connectivity index (χ1) is 16.6. The van der Waals surface area contributed by atoms with Gasteiger partial charge < -0.3 is 5.32 Å². The van der Waals surface area contributed by atoms with E-state index < -0.39 is 11.7 Å². The van der Waals surface area contributed by atoms with Crippen LogP contribution in [-0.2, 0) is 10.2 Å². The number of hydrazone groups is 1. The Labute approximate surface area is 205 Å². The van der Waals surface area contributed by atoms with E-state index in [1.54, 1.807) is 31.2 Å². The first-order valence-electron chi connectivity index (χ1n) is 11.7. The molecule has 0 bridgehead atoms. The minimum Gasteiger partial charge on any atom is -0.322 e. The van der Waals surface area contributed by atoms with Gasteiger partial charge in [0.05, 0.1) is 11.3 Å². The molecule has 2 atom stereocenters. The third-order valence-corrected chi connectivity index (χ3v) is 6.32. The normalized spacial score (nSPS) is 17.6. The Bertz CT molecular complexity index is 1280. The van der Waals surface area contributed by atoms with Crippen LogP contribution in [-0.4, -0.2) is 17.5 Å². The van der Waals surface area contributed by atoms with Crippen LogP contribution in [0.15, 0.2) is 77.9 Å². The van der Waals surface area contributed by atoms with Crippen molar-refractivity contribution in [3.8, 4) is 0 Å². The molecule has 3 aromatic rings. The van der Waals surface area contributed by atoms with Gasteiger partial charge >= 0.3 is 0 Å². The molecule has 3 aromatic carbocycles. The molecule has 180 valence electrons. The summed E-state index contributed by atoms with van der Waals surface area (Å²) in [7, 11) is 0. The number of anilines is 1. The number of nitrogens with zero attached hydrogens (tertiary/aromatic N) is 1. The molecule has 2 N–H and O–H groups in total. The molecule has 0 saturated heterocycles. The molecule has 0 aliphatic heterocycles. The number of hydrogen-bond donors (Lipinski definition) is 2. The van der Waals surface area contributed by atoms with E-state index in [1.165, 1.54) is 29.3 Å². The molecule has 0 unspecified atom stereocenters. The molecule has 1 saturated carbocycles. The number of hydrogen-bond acceptors (Lipinski definition) is 3. The maximum atomic E-state index is 13.9. The van der Waals surface area contributed by atoms with Crippen LogP contribution >= 0.6 is 0 Å². The quantitative estimate of drug-likeness (QED) is 0.341. The van der Waals surface area contributed by atoms with Gasteiger partial charge in [-0.3, -0.25) is 9.59 Å². The summed E-state index contributed by atoms with van der Waals surface area (Å²) in [6, 6.07) is 21.4. The van der Waals surface area contributed by atoms with E-state index in [0.29, 0.717) is 11.4 Å². The van der Waals surface area contributed by atoms with Crippen molar-refractivity contribution in [2.45, 2.75) is 45.4 Å². The third kappa shape index (κ3) is 5.83. The summed E-state index contributed by atoms with van der Waals surface area (Å²) >= 11 is 0. The Hall–Kier alpha value is -3.80. The Kier molecular flexibility index (Phi) is 6.83. The Morgan fingerprint density at radius 1 is 0.971 bits per heavy atom. The minimum absolute atomic E-state index is 0.0254. The van der Waals surface area contributed by atoms with E-state index in [-0.39, 0.29) is 28.7 Å². The van der Waals surface area contributed by atoms with Crippen LogP contribution in [0.3, 0.4) is 0 Å². The lowest BCUT2D eigenvalue weighted by Crippen LogP contribution is -2.21. The maximum Gasteiger partial charge on any atom is 0.258 e. The van der Waals surface area contributed by atoms with Crippen LogP contribution in [0.4, 0.5) is 10.1 Å². The van der Waals surface area contributed by atoms with Gasteiger partial charge in [0.25, 0.3) is 5.91 Å². The molecular weight excluding hydrogens is 441 g/mol. The zero-order valence-corrected chi connectivity index (χ0v) is 20.4. The predicted molar refractivity (Wildman–Crippen MR) is 137 cm³/mol. The zero-order valence-electron chi connectivity index (χ0n) is 20.4. The second-order valence-electron chi connectivity index (χ2n) is 10.0. The number of carbonyl (C=O) groups is 2. The van der Waals surface area contributed by atoms with Crippen molar-refractivity contribution < 1.29 is 14.0 Å². The topological polar surface area (TPSA) is 70.6 Å². The summed E-state index contributed by atoms with van der Waals surface area (Å²) in [4.78, 5) is 25.0. The number of amides is 2. The fourth-order valence-corrected chi connectivity index (χ4v) is 4.04. The van der Waals surface area contributed by atoms with Crippen molar-refractivity contribution in [1.29, 1.82) is 0 Å². The average molecular weight is 472 g/mol. The molecular formula is C29H30FN3O2. The lowest BCUT2D eigenvalue weighted by Gasteiger charge is -2.19. The first kappa shape index (κ1) is 24.3. The molecule has 0 radical (unpaired) electrons. The fraction of sp³-hybridized carbons (Fsp3) is 0.276. The summed E-state index contributed by atoms with van der Waals surface area (Å²) in [5, 5.41) is 6.97. The molecule has 1 aliphatic carbocycles. The van der Waals surface area contributed by atoms with E-state index in [2.05, 4.69) is 60.9 Å². The van der Waals surface area contributed by atoms with Crippen molar-refractivity contribution in [2.24, 2.45) is 11.0 Å². The Morgan fingerprint density at radius 3 is 2.37 bits per heavy atom. The molecule has 5 nitrogen and oxygen atoms in total. The maximum absolute atomic E-state index is 13.9. The lowest BCUT2D eigenvalue weighted by molar-refractivity contribution is -0.122. The van der Waals surface area contributed by atoms with E-state index in [4.69, 9.17) is 0 Å². The highest BCUT2D eigenvalue weighted by molar-refractivity contribution is 6.06. The SMILES string of the molecule is CC(=NNC(=O)[C@H]1C[C@H]1c1ccc(C(C)(C)C)cc1)c1cccc(NC(=O)c2ccccc2F)c1. The molecule has 2 amide bonds. The molecule has 35 heavy (non-hydrogen) atoms. The predicted octanol–water partition coefficient (Wildman–Crippen LogP) is 6.02. The van der Waals surface area contributed by atoms with Crippen molar-refractivity contribution in [3.05, 3.63) is 101 Å². The van der Waals surface area contributed by atoms with Crippen molar-refractivity contribution >= 4 is 23.2 Å². The highest BCUT2D eigenvalue weighted by Crippen LogP contribution is 2.47. The Morgan fingerprint density at radius 2 is 1.69 bits per heavy atom. The van der Waals surface area contributed by atoms with E-state index in [0.717, 1.165) is 12.0 Å². The van der Waals surface area contributed by atoms with E-state index in [9.17, 15) is 14.0 Å². The first-order valence-corrected chi connectivity index (χ1v) is 11.7. The summed E-state index contributed by atoms with van der Waals surface area (Å²) in [6.45, 7) is 8.33. The van der Waals surface area contributed by atoms with Crippen LogP contribution < -0.4 is 10.7 Å². The van der Waals surface area contributed by atoms with Gasteiger partial charge in [0.1, 0.15) is 5.82 Å². The molecule has 0 heterocycles. The summed E-state index contributed by atoms with van der Waals surface area (Å²) in [5.41, 5.74) is 7.06. The fourth-order valence-electron chi connectivity index (χ4n) is 4.04. The van der Waals surface area contributed by atoms with Gasteiger partial charge in [-0.1, -0.05) is 69.3 Å². The summed E-state index contributed by atoms with van der Waals surface area (Å²) in [5.74, 6) is -1.07. The largest absolute Gasteiger partial charge is 0.322 e. The number of carbonyl (C=O) groups excluding carboxylic acids is 2. The summed E-state index contributed by atoms with van der Waals surface area (Å²) < 4.78 is 13.9. The summed E-state index contributed by atoms with van der Waals surface area (Å²) in [6.07, 6.45) is 0.812. The van der Waals surface area contributed by atoms with Gasteiger partial charge in [-0.05, 0) is 65.6 Å². The number of benzene rings is 3. The van der Waals surface area contributed by atoms with Gasteiger partial charge in [0, 0.05) is 11.6 Å². The minimum atomic E-state index is -0.579. The third-order valence-electron chi connectivity index (χ3n) is 6.32. The van der Waals surface area contributed by atoms with Crippen molar-refractivity contribution in [2.75, 3.05) is 5.32 Å². The zero-order chi connectivity index (χ0) is 25.2. The van der Waals surface area contributed by atoms with Gasteiger partial charge in [-0.2, -0.15) is 5.10 Å². The Balaban J connectivity index is 1.36. The van der Waals surface area contributed by atoms with Crippen LogP contribution in [0.2, 0.25) is 0 Å². The molecule has 4 rings (SSSR count). The second-order valence-corrected chi connectivity index (χ2v) is 10.0. The second kappa shape index (κ2) is 9.82. The number of halogens is 1. The lowest BCUT2D eigenvalue weighted by atomic mass is 9.86. The van der Waals surface area contributed by atoms with Gasteiger partial charge in [-0.25, -0.2) is 9.82 Å². The highest BCUT2D eigenvalue weighted by atomic mass is 19.1. The molecule has 1 fully saturated rings. The average Bonchev–Trinajstić information content (AvgIpc) is 3.63. The van der Waals surface area contributed by atoms with Crippen molar-refractivity contribution in [3.63, 3.8) is 0 Å². The molecule has 6 heteroatoms. The monoisotopic (exact) mass is 471 g/mol.